The molecule has 1 fully saturated rings. The van der Waals surface area contributed by atoms with Crippen LogP contribution in [0.1, 0.15) is 55.0 Å². The fourth-order valence-corrected chi connectivity index (χ4v) is 6.01. The molecule has 1 N–H and O–H groups in total. The van der Waals surface area contributed by atoms with Gasteiger partial charge in [0.1, 0.15) is 0 Å². The Morgan fingerprint density at radius 3 is 2.79 bits per heavy atom. The van der Waals surface area contributed by atoms with E-state index in [1.165, 1.54) is 48.7 Å². The van der Waals surface area contributed by atoms with E-state index in [1.807, 2.05) is 11.3 Å². The molecule has 1 aromatic rings. The topological polar surface area (TPSA) is 12.0 Å². The molecule has 0 aromatic carbocycles. The van der Waals surface area contributed by atoms with Crippen molar-refractivity contribution in [2.75, 3.05) is 6.26 Å². The van der Waals surface area contributed by atoms with Gasteiger partial charge in [-0.25, -0.2) is 0 Å². The molecule has 106 valence electrons. The van der Waals surface area contributed by atoms with Gasteiger partial charge in [0.25, 0.3) is 0 Å². The van der Waals surface area contributed by atoms with E-state index in [4.69, 9.17) is 0 Å². The molecule has 1 aromatic heterocycles. The summed E-state index contributed by atoms with van der Waals surface area (Å²) in [5.74, 6) is 0. The van der Waals surface area contributed by atoms with Gasteiger partial charge in [-0.2, -0.15) is 11.8 Å². The Balaban J connectivity index is 1.62. The lowest BCUT2D eigenvalue weighted by Gasteiger charge is -2.33. The van der Waals surface area contributed by atoms with E-state index in [-0.39, 0.29) is 0 Å². The van der Waals surface area contributed by atoms with Crippen molar-refractivity contribution in [1.82, 2.24) is 5.32 Å². The van der Waals surface area contributed by atoms with Gasteiger partial charge in [-0.05, 0) is 78.8 Å². The van der Waals surface area contributed by atoms with Crippen LogP contribution in [-0.4, -0.2) is 17.5 Å². The van der Waals surface area contributed by atoms with Crippen LogP contribution in [0.3, 0.4) is 0 Å². The summed E-state index contributed by atoms with van der Waals surface area (Å²) in [4.78, 5) is 1.61. The Kier molecular flexibility index (Phi) is 4.94. The van der Waals surface area contributed by atoms with Crippen LogP contribution in [0.4, 0.5) is 0 Å². The molecule has 19 heavy (non-hydrogen) atoms. The molecule has 4 heteroatoms. The summed E-state index contributed by atoms with van der Waals surface area (Å²) in [7, 11) is 0. The van der Waals surface area contributed by atoms with Gasteiger partial charge in [0, 0.05) is 22.2 Å². The summed E-state index contributed by atoms with van der Waals surface area (Å²) < 4.78 is 1.30. The molecular weight excluding hydrogens is 338 g/mol. The molecule has 0 spiro atoms. The lowest BCUT2D eigenvalue weighted by Crippen LogP contribution is -2.37. The maximum atomic E-state index is 3.95. The SMILES string of the molecule is CSC1CCC(NC2CCCc3sc(Br)cc32)CC1. The molecule has 0 saturated heterocycles. The number of fused-ring (bicyclic) bond motifs is 1. The van der Waals surface area contributed by atoms with Gasteiger partial charge in [0.05, 0.1) is 3.79 Å². The van der Waals surface area contributed by atoms with Crippen LogP contribution in [0.5, 0.6) is 0 Å². The number of hydrogen-bond donors (Lipinski definition) is 1. The summed E-state index contributed by atoms with van der Waals surface area (Å²) in [6.07, 6.45) is 11.7. The Bertz CT molecular complexity index is 424. The lowest BCUT2D eigenvalue weighted by atomic mass is 9.90. The zero-order valence-electron chi connectivity index (χ0n) is 11.5. The average molecular weight is 360 g/mol. The molecule has 1 atom stereocenters. The zero-order valence-corrected chi connectivity index (χ0v) is 14.7. The van der Waals surface area contributed by atoms with Gasteiger partial charge in [-0.3, -0.25) is 0 Å². The highest BCUT2D eigenvalue weighted by Crippen LogP contribution is 2.39. The van der Waals surface area contributed by atoms with Crippen molar-refractivity contribution >= 4 is 39.0 Å². The van der Waals surface area contributed by atoms with Gasteiger partial charge in [0.2, 0.25) is 0 Å². The average Bonchev–Trinajstić information content (AvgIpc) is 2.81. The van der Waals surface area contributed by atoms with Crippen molar-refractivity contribution in [3.63, 3.8) is 0 Å². The molecule has 0 bridgehead atoms. The molecule has 1 nitrogen and oxygen atoms in total. The van der Waals surface area contributed by atoms with Gasteiger partial charge in [-0.15, -0.1) is 11.3 Å². The molecule has 0 radical (unpaired) electrons. The van der Waals surface area contributed by atoms with Crippen LogP contribution >= 0.6 is 39.0 Å². The second-order valence-electron chi connectivity index (χ2n) is 5.75. The number of nitrogens with one attached hydrogen (secondary N) is 1. The molecule has 3 rings (SSSR count). The molecule has 1 saturated carbocycles. The highest BCUT2D eigenvalue weighted by molar-refractivity contribution is 9.11. The van der Waals surface area contributed by atoms with E-state index >= 15 is 0 Å². The van der Waals surface area contributed by atoms with E-state index in [1.54, 1.807) is 10.4 Å². The Hall–Kier alpha value is 0.490. The molecule has 1 unspecified atom stereocenters. The summed E-state index contributed by atoms with van der Waals surface area (Å²) in [6, 6.07) is 3.71. The smallest absolute Gasteiger partial charge is 0.0704 e. The maximum Gasteiger partial charge on any atom is 0.0704 e. The normalized spacial score (nSPS) is 31.2. The van der Waals surface area contributed by atoms with Gasteiger partial charge in [-0.1, -0.05) is 0 Å². The first kappa shape index (κ1) is 14.4. The summed E-state index contributed by atoms with van der Waals surface area (Å²) in [6.45, 7) is 0. The maximum absolute atomic E-state index is 3.95. The molecule has 2 aliphatic carbocycles. The Morgan fingerprint density at radius 2 is 2.05 bits per heavy atom. The van der Waals surface area contributed by atoms with Crippen LogP contribution in [0.25, 0.3) is 0 Å². The van der Waals surface area contributed by atoms with Gasteiger partial charge < -0.3 is 5.32 Å². The van der Waals surface area contributed by atoms with E-state index in [2.05, 4.69) is 45.3 Å². The minimum absolute atomic E-state index is 0.613. The molecule has 0 aliphatic heterocycles. The van der Waals surface area contributed by atoms with Crippen LogP contribution in [0.15, 0.2) is 9.85 Å². The minimum Gasteiger partial charge on any atom is -0.307 e. The van der Waals surface area contributed by atoms with Crippen molar-refractivity contribution in [3.05, 3.63) is 20.3 Å². The molecule has 1 heterocycles. The van der Waals surface area contributed by atoms with Crippen molar-refractivity contribution in [2.45, 2.75) is 62.3 Å². The fourth-order valence-electron chi connectivity index (χ4n) is 3.44. The van der Waals surface area contributed by atoms with Crippen molar-refractivity contribution < 1.29 is 0 Å². The minimum atomic E-state index is 0.613. The largest absolute Gasteiger partial charge is 0.307 e. The van der Waals surface area contributed by atoms with E-state index in [9.17, 15) is 0 Å². The number of hydrogen-bond acceptors (Lipinski definition) is 3. The third kappa shape index (κ3) is 3.39. The number of halogens is 1. The highest BCUT2D eigenvalue weighted by atomic mass is 79.9. The summed E-state index contributed by atoms with van der Waals surface area (Å²) in [5.41, 5.74) is 1.58. The number of rotatable bonds is 3. The van der Waals surface area contributed by atoms with Crippen LogP contribution in [0.2, 0.25) is 0 Å². The highest BCUT2D eigenvalue weighted by Gasteiger charge is 2.27. The van der Waals surface area contributed by atoms with Gasteiger partial charge >= 0.3 is 0 Å². The Labute approximate surface area is 133 Å². The third-order valence-corrected chi connectivity index (χ3v) is 7.38. The van der Waals surface area contributed by atoms with Crippen molar-refractivity contribution in [2.24, 2.45) is 0 Å². The number of aryl methyl sites for hydroxylation is 1. The third-order valence-electron chi connectivity index (χ3n) is 4.53. The van der Waals surface area contributed by atoms with E-state index in [0.717, 1.165) is 11.3 Å². The number of thiophene rings is 1. The summed E-state index contributed by atoms with van der Waals surface area (Å²) >= 11 is 7.64. The molecule has 2 aliphatic rings. The second kappa shape index (κ2) is 6.50. The fraction of sp³-hybridized carbons (Fsp3) is 0.733. The lowest BCUT2D eigenvalue weighted by molar-refractivity contribution is 0.326. The Morgan fingerprint density at radius 1 is 1.26 bits per heavy atom. The first-order valence-corrected chi connectivity index (χ1v) is 10.2. The first-order chi connectivity index (χ1) is 9.26. The van der Waals surface area contributed by atoms with Crippen LogP contribution in [0, 0.1) is 0 Å². The van der Waals surface area contributed by atoms with Crippen LogP contribution in [-0.2, 0) is 6.42 Å². The monoisotopic (exact) mass is 359 g/mol. The first-order valence-electron chi connectivity index (χ1n) is 7.33. The van der Waals surface area contributed by atoms with Crippen molar-refractivity contribution in [3.8, 4) is 0 Å². The second-order valence-corrected chi connectivity index (χ2v) is 9.40. The summed E-state index contributed by atoms with van der Waals surface area (Å²) in [5, 5.41) is 4.86. The van der Waals surface area contributed by atoms with E-state index < -0.39 is 0 Å². The predicted molar refractivity (Wildman–Crippen MR) is 90.4 cm³/mol. The zero-order chi connectivity index (χ0) is 13.2. The van der Waals surface area contributed by atoms with Crippen LogP contribution < -0.4 is 5.32 Å². The predicted octanol–water partition coefficient (Wildman–Crippen LogP) is 5.15. The molecule has 0 amide bonds. The van der Waals surface area contributed by atoms with E-state index in [0.29, 0.717) is 6.04 Å². The van der Waals surface area contributed by atoms with Crippen molar-refractivity contribution in [1.29, 1.82) is 0 Å². The quantitative estimate of drug-likeness (QED) is 0.800. The standard InChI is InChI=1S/C15H22BrNS2/c1-18-11-7-5-10(6-8-11)17-13-3-2-4-14-12(13)9-15(16)19-14/h9-11,13,17H,2-8H2,1H3. The van der Waals surface area contributed by atoms with Gasteiger partial charge in [0.15, 0.2) is 0 Å². The number of thioether (sulfide) groups is 1. The molecular formula is C15H22BrNS2.